The molecule has 1 rings (SSSR count). The molecule has 0 bridgehead atoms. The van der Waals surface area contributed by atoms with E-state index in [-0.39, 0.29) is 23.0 Å². The molecule has 0 fully saturated rings. The highest BCUT2D eigenvalue weighted by molar-refractivity contribution is 6.17. The van der Waals surface area contributed by atoms with Gasteiger partial charge >= 0.3 is 0 Å². The number of nitriles is 1. The zero-order valence-electron chi connectivity index (χ0n) is 7.80. The van der Waals surface area contributed by atoms with Gasteiger partial charge in [-0.05, 0) is 0 Å². The van der Waals surface area contributed by atoms with Gasteiger partial charge in [-0.3, -0.25) is 0 Å². The lowest BCUT2D eigenvalue weighted by molar-refractivity contribution is 0.150. The van der Waals surface area contributed by atoms with Crippen LogP contribution in [0.5, 0.6) is 5.88 Å². The quantitative estimate of drug-likeness (QED) is 0.753. The third-order valence-electron chi connectivity index (χ3n) is 1.78. The van der Waals surface area contributed by atoms with Crippen molar-refractivity contribution in [2.75, 3.05) is 7.11 Å². The van der Waals surface area contributed by atoms with Gasteiger partial charge in [-0.25, -0.2) is 13.8 Å². The molecule has 80 valence electrons. The molecule has 1 aromatic heterocycles. The summed E-state index contributed by atoms with van der Waals surface area (Å²) in [7, 11) is 1.31. The van der Waals surface area contributed by atoms with E-state index >= 15 is 0 Å². The fraction of sp³-hybridized carbons (Fsp3) is 0.333. The number of hydrogen-bond donors (Lipinski definition) is 0. The first kappa shape index (κ1) is 11.7. The van der Waals surface area contributed by atoms with E-state index in [1.807, 2.05) is 0 Å². The molecule has 0 spiro atoms. The van der Waals surface area contributed by atoms with Gasteiger partial charge in [0.1, 0.15) is 6.07 Å². The Morgan fingerprint density at radius 3 is 2.73 bits per heavy atom. The van der Waals surface area contributed by atoms with E-state index in [0.29, 0.717) is 0 Å². The molecular formula is C9H7ClF2N2O. The molecular weight excluding hydrogens is 226 g/mol. The minimum Gasteiger partial charge on any atom is -0.481 e. The topological polar surface area (TPSA) is 45.9 Å². The molecule has 0 atom stereocenters. The lowest BCUT2D eigenvalue weighted by Crippen LogP contribution is -2.01. The average Bonchev–Trinajstić information content (AvgIpc) is 2.26. The largest absolute Gasteiger partial charge is 0.481 e. The van der Waals surface area contributed by atoms with Crippen LogP contribution in [0.2, 0.25) is 0 Å². The highest BCUT2D eigenvalue weighted by Crippen LogP contribution is 2.28. The Hall–Kier alpha value is -1.41. The molecule has 0 aliphatic rings. The average molecular weight is 233 g/mol. The van der Waals surface area contributed by atoms with Gasteiger partial charge in [-0.1, -0.05) is 0 Å². The summed E-state index contributed by atoms with van der Waals surface area (Å²) in [6.07, 6.45) is -2.75. The number of alkyl halides is 3. The second-order valence-electron chi connectivity index (χ2n) is 2.62. The van der Waals surface area contributed by atoms with E-state index in [9.17, 15) is 8.78 Å². The van der Waals surface area contributed by atoms with E-state index in [0.717, 1.165) is 6.07 Å². The summed E-state index contributed by atoms with van der Waals surface area (Å²) in [5, 5.41) is 8.72. The molecule has 0 radical (unpaired) electrons. The highest BCUT2D eigenvalue weighted by Gasteiger charge is 2.19. The van der Waals surface area contributed by atoms with Gasteiger partial charge in [-0.15, -0.1) is 11.6 Å². The summed E-state index contributed by atoms with van der Waals surface area (Å²) < 4.78 is 29.9. The van der Waals surface area contributed by atoms with Crippen molar-refractivity contribution in [3.05, 3.63) is 22.9 Å². The molecule has 0 aliphatic heterocycles. The van der Waals surface area contributed by atoms with Gasteiger partial charge in [0.05, 0.1) is 24.2 Å². The van der Waals surface area contributed by atoms with Gasteiger partial charge in [-0.2, -0.15) is 5.26 Å². The van der Waals surface area contributed by atoms with E-state index < -0.39 is 12.0 Å². The third kappa shape index (κ3) is 2.34. The van der Waals surface area contributed by atoms with Crippen LogP contribution in [0.3, 0.4) is 0 Å². The third-order valence-corrected chi connectivity index (χ3v) is 2.04. The Labute approximate surface area is 90.3 Å². The van der Waals surface area contributed by atoms with Crippen LogP contribution in [-0.4, -0.2) is 12.1 Å². The number of ether oxygens (including phenoxy) is 1. The molecule has 1 aromatic rings. The summed E-state index contributed by atoms with van der Waals surface area (Å²) in [5.74, 6) is -0.0836. The Bertz CT molecular complexity index is 404. The maximum absolute atomic E-state index is 12.6. The SMILES string of the molecule is COc1cc(C(F)F)c(C#N)c(CCl)n1. The Morgan fingerprint density at radius 1 is 1.67 bits per heavy atom. The molecule has 15 heavy (non-hydrogen) atoms. The first-order valence-electron chi connectivity index (χ1n) is 3.96. The molecule has 1 heterocycles. The second-order valence-corrected chi connectivity index (χ2v) is 2.89. The maximum atomic E-state index is 12.6. The van der Waals surface area contributed by atoms with Gasteiger partial charge in [0.2, 0.25) is 5.88 Å². The summed E-state index contributed by atoms with van der Waals surface area (Å²) in [6, 6.07) is 2.71. The molecule has 0 amide bonds. The number of rotatable bonds is 3. The van der Waals surface area contributed by atoms with Gasteiger partial charge in [0.15, 0.2) is 0 Å². The normalized spacial score (nSPS) is 10.1. The minimum atomic E-state index is -2.75. The van der Waals surface area contributed by atoms with Crippen LogP contribution in [0.25, 0.3) is 0 Å². The predicted molar refractivity (Wildman–Crippen MR) is 50.0 cm³/mol. The predicted octanol–water partition coefficient (Wildman–Crippen LogP) is 2.64. The maximum Gasteiger partial charge on any atom is 0.265 e. The second kappa shape index (κ2) is 4.89. The van der Waals surface area contributed by atoms with Crippen LogP contribution in [-0.2, 0) is 5.88 Å². The highest BCUT2D eigenvalue weighted by atomic mass is 35.5. The minimum absolute atomic E-state index is 0.0277. The number of aromatic nitrogens is 1. The van der Waals surface area contributed by atoms with Crippen LogP contribution < -0.4 is 4.74 Å². The molecule has 0 saturated carbocycles. The van der Waals surface area contributed by atoms with E-state index in [1.54, 1.807) is 6.07 Å². The Morgan fingerprint density at radius 2 is 2.33 bits per heavy atom. The molecule has 0 unspecified atom stereocenters. The number of hydrogen-bond acceptors (Lipinski definition) is 3. The number of methoxy groups -OCH3 is 1. The lowest BCUT2D eigenvalue weighted by atomic mass is 10.1. The van der Waals surface area contributed by atoms with E-state index in [2.05, 4.69) is 4.98 Å². The van der Waals surface area contributed by atoms with Crippen molar-refractivity contribution in [3.8, 4) is 11.9 Å². The smallest absolute Gasteiger partial charge is 0.265 e. The van der Waals surface area contributed by atoms with Crippen molar-refractivity contribution in [3.63, 3.8) is 0 Å². The van der Waals surface area contributed by atoms with Crippen LogP contribution in [0, 0.1) is 11.3 Å². The van der Waals surface area contributed by atoms with Crippen LogP contribution in [0.15, 0.2) is 6.07 Å². The number of pyridine rings is 1. The van der Waals surface area contributed by atoms with Crippen LogP contribution >= 0.6 is 11.6 Å². The monoisotopic (exact) mass is 232 g/mol. The zero-order valence-corrected chi connectivity index (χ0v) is 8.55. The van der Waals surface area contributed by atoms with E-state index in [4.69, 9.17) is 21.6 Å². The lowest BCUT2D eigenvalue weighted by Gasteiger charge is -2.08. The van der Waals surface area contributed by atoms with Crippen molar-refractivity contribution in [1.82, 2.24) is 4.98 Å². The van der Waals surface area contributed by atoms with Crippen molar-refractivity contribution >= 4 is 11.6 Å². The number of nitrogens with zero attached hydrogens (tertiary/aromatic N) is 2. The molecule has 0 N–H and O–H groups in total. The van der Waals surface area contributed by atoms with E-state index in [1.165, 1.54) is 7.11 Å². The molecule has 3 nitrogen and oxygen atoms in total. The first-order valence-corrected chi connectivity index (χ1v) is 4.49. The summed E-state index contributed by atoms with van der Waals surface area (Å²) in [4.78, 5) is 3.81. The fourth-order valence-corrected chi connectivity index (χ4v) is 1.29. The number of halogens is 3. The fourth-order valence-electron chi connectivity index (χ4n) is 1.10. The van der Waals surface area contributed by atoms with Gasteiger partial charge in [0, 0.05) is 11.6 Å². The summed E-state index contributed by atoms with van der Waals surface area (Å²) >= 11 is 5.50. The van der Waals surface area contributed by atoms with Crippen LogP contribution in [0.1, 0.15) is 23.2 Å². The Balaban J connectivity index is 3.41. The molecule has 0 saturated heterocycles. The van der Waals surface area contributed by atoms with Gasteiger partial charge < -0.3 is 4.74 Å². The summed E-state index contributed by atoms with van der Waals surface area (Å²) in [5.41, 5.74) is -0.477. The van der Waals surface area contributed by atoms with Crippen molar-refractivity contribution in [1.29, 1.82) is 5.26 Å². The van der Waals surface area contributed by atoms with Crippen molar-refractivity contribution < 1.29 is 13.5 Å². The molecule has 0 aromatic carbocycles. The first-order chi connectivity index (χ1) is 7.13. The summed E-state index contributed by atoms with van der Waals surface area (Å²) in [6.45, 7) is 0. The standard InChI is InChI=1S/C9H7ClF2N2O/c1-15-8-2-5(9(11)12)6(4-13)7(3-10)14-8/h2,9H,3H2,1H3. The zero-order chi connectivity index (χ0) is 11.4. The van der Waals surface area contributed by atoms with Crippen molar-refractivity contribution in [2.24, 2.45) is 0 Å². The van der Waals surface area contributed by atoms with Gasteiger partial charge in [0.25, 0.3) is 6.43 Å². The Kier molecular flexibility index (Phi) is 3.81. The molecule has 0 aliphatic carbocycles. The van der Waals surface area contributed by atoms with Crippen LogP contribution in [0.4, 0.5) is 8.78 Å². The molecule has 6 heteroatoms. The van der Waals surface area contributed by atoms with Crippen molar-refractivity contribution in [2.45, 2.75) is 12.3 Å².